The molecule has 1 aliphatic heterocycles. The summed E-state index contributed by atoms with van der Waals surface area (Å²) in [6, 6.07) is 15.7. The zero-order chi connectivity index (χ0) is 22.7. The summed E-state index contributed by atoms with van der Waals surface area (Å²) in [6.07, 6.45) is 0.918. The number of amides is 1. The molecule has 1 fully saturated rings. The molecule has 1 N–H and O–H groups in total. The molecule has 1 aromatic heterocycles. The van der Waals surface area contributed by atoms with Gasteiger partial charge in [0, 0.05) is 30.3 Å². The van der Waals surface area contributed by atoms with E-state index in [1.165, 1.54) is 35.5 Å². The number of sulfonamides is 1. The Morgan fingerprint density at radius 2 is 1.72 bits per heavy atom. The molecule has 1 amide bonds. The van der Waals surface area contributed by atoms with Crippen LogP contribution in [0.5, 0.6) is 0 Å². The van der Waals surface area contributed by atoms with Crippen LogP contribution in [0.25, 0.3) is 11.1 Å². The first-order chi connectivity index (χ1) is 15.3. The van der Waals surface area contributed by atoms with Gasteiger partial charge in [-0.25, -0.2) is 8.42 Å². The second-order valence-corrected chi connectivity index (χ2v) is 10.6. The second-order valence-electron chi connectivity index (χ2n) is 7.84. The highest BCUT2D eigenvalue weighted by Gasteiger charge is 2.32. The Hall–Kier alpha value is -2.81. The maximum absolute atomic E-state index is 12.9. The topological polar surface area (TPSA) is 83.6 Å². The number of nitrogens with zero attached hydrogens (tertiary/aromatic N) is 1. The number of ketones is 1. The smallest absolute Gasteiger partial charge is 0.243 e. The highest BCUT2D eigenvalue weighted by molar-refractivity contribution is 7.89. The predicted octanol–water partition coefficient (Wildman–Crippen LogP) is 4.66. The van der Waals surface area contributed by atoms with Gasteiger partial charge in [0.15, 0.2) is 5.78 Å². The van der Waals surface area contributed by atoms with Crippen molar-refractivity contribution in [2.24, 2.45) is 5.92 Å². The average Bonchev–Trinajstić information content (AvgIpc) is 3.34. The lowest BCUT2D eigenvalue weighted by molar-refractivity contribution is -0.120. The molecule has 0 atom stereocenters. The Kier molecular flexibility index (Phi) is 6.55. The van der Waals surface area contributed by atoms with Gasteiger partial charge < -0.3 is 5.32 Å². The number of anilines is 1. The molecule has 8 heteroatoms. The first kappa shape index (κ1) is 22.4. The van der Waals surface area contributed by atoms with Gasteiger partial charge in [-0.15, -0.1) is 0 Å². The van der Waals surface area contributed by atoms with Crippen LogP contribution in [0.4, 0.5) is 5.69 Å². The first-order valence-electron chi connectivity index (χ1n) is 10.4. The molecule has 3 aromatic rings. The van der Waals surface area contributed by atoms with Crippen LogP contribution in [-0.2, 0) is 14.8 Å². The lowest BCUT2D eigenvalue weighted by Gasteiger charge is -2.30. The van der Waals surface area contributed by atoms with Crippen LogP contribution in [0.2, 0.25) is 0 Å². The number of Topliss-reactive ketones (excluding diaryl/α,β-unsaturated/α-hetero) is 1. The Bertz CT molecular complexity index is 1210. The van der Waals surface area contributed by atoms with Gasteiger partial charge in [-0.3, -0.25) is 9.59 Å². The molecule has 0 saturated carbocycles. The number of carbonyl (C=O) groups excluding carboxylic acids is 2. The van der Waals surface area contributed by atoms with E-state index in [0.29, 0.717) is 18.4 Å². The number of hydrogen-bond donors (Lipinski definition) is 1. The zero-order valence-electron chi connectivity index (χ0n) is 17.7. The summed E-state index contributed by atoms with van der Waals surface area (Å²) < 4.78 is 27.3. The summed E-state index contributed by atoms with van der Waals surface area (Å²) in [6.45, 7) is 2.01. The van der Waals surface area contributed by atoms with Crippen LogP contribution in [0.1, 0.15) is 30.1 Å². The molecule has 166 valence electrons. The fourth-order valence-corrected chi connectivity index (χ4v) is 5.95. The lowest BCUT2D eigenvalue weighted by atomic mass is 9.97. The van der Waals surface area contributed by atoms with Crippen molar-refractivity contribution in [2.75, 3.05) is 18.4 Å². The largest absolute Gasteiger partial charge is 0.326 e. The molecule has 6 nitrogen and oxygen atoms in total. The van der Waals surface area contributed by atoms with E-state index in [1.54, 1.807) is 11.3 Å². The van der Waals surface area contributed by atoms with Crippen LogP contribution < -0.4 is 5.32 Å². The minimum atomic E-state index is -3.65. The molecule has 2 heterocycles. The lowest BCUT2D eigenvalue weighted by Crippen LogP contribution is -2.41. The van der Waals surface area contributed by atoms with Crippen molar-refractivity contribution < 1.29 is 18.0 Å². The number of piperidine rings is 1. The molecular formula is C24H24N2O4S2. The molecule has 4 rings (SSSR count). The summed E-state index contributed by atoms with van der Waals surface area (Å²) in [4.78, 5) is 24.4. The van der Waals surface area contributed by atoms with Gasteiger partial charge in [-0.2, -0.15) is 15.6 Å². The molecule has 32 heavy (non-hydrogen) atoms. The van der Waals surface area contributed by atoms with Crippen molar-refractivity contribution >= 4 is 38.7 Å². The quantitative estimate of drug-likeness (QED) is 0.534. The SMILES string of the molecule is CC(=O)c1ccc(S(=O)(=O)N2CCC(C(=O)Nc3cccc(-c4ccsc4)c3)CC2)cc1. The van der Waals surface area contributed by atoms with Gasteiger partial charge in [0.25, 0.3) is 0 Å². The number of thiophene rings is 1. The second kappa shape index (κ2) is 9.36. The Labute approximate surface area is 191 Å². The number of nitrogens with one attached hydrogen (secondary N) is 1. The average molecular weight is 469 g/mol. The first-order valence-corrected chi connectivity index (χ1v) is 12.8. The normalized spacial score (nSPS) is 15.4. The number of carbonyl (C=O) groups is 2. The van der Waals surface area contributed by atoms with Crippen molar-refractivity contribution in [3.05, 3.63) is 70.9 Å². The minimum Gasteiger partial charge on any atom is -0.326 e. The number of benzene rings is 2. The van der Waals surface area contributed by atoms with E-state index in [9.17, 15) is 18.0 Å². The van der Waals surface area contributed by atoms with Crippen molar-refractivity contribution in [1.29, 1.82) is 0 Å². The third-order valence-corrected chi connectivity index (χ3v) is 8.30. The summed E-state index contributed by atoms with van der Waals surface area (Å²) >= 11 is 1.62. The third-order valence-electron chi connectivity index (χ3n) is 5.71. The minimum absolute atomic E-state index is 0.0877. The Morgan fingerprint density at radius 3 is 2.34 bits per heavy atom. The third kappa shape index (κ3) is 4.82. The number of rotatable bonds is 6. The van der Waals surface area contributed by atoms with E-state index >= 15 is 0 Å². The van der Waals surface area contributed by atoms with Crippen LogP contribution in [-0.4, -0.2) is 37.5 Å². The maximum Gasteiger partial charge on any atom is 0.243 e. The van der Waals surface area contributed by atoms with Gasteiger partial charge in [-0.1, -0.05) is 24.3 Å². The molecule has 0 unspecified atom stereocenters. The molecule has 0 radical (unpaired) electrons. The molecule has 0 aliphatic carbocycles. The summed E-state index contributed by atoms with van der Waals surface area (Å²) in [5.41, 5.74) is 3.36. The highest BCUT2D eigenvalue weighted by Crippen LogP contribution is 2.27. The monoisotopic (exact) mass is 468 g/mol. The van der Waals surface area contributed by atoms with Crippen LogP contribution >= 0.6 is 11.3 Å². The fourth-order valence-electron chi connectivity index (χ4n) is 3.82. The maximum atomic E-state index is 12.9. The molecule has 1 saturated heterocycles. The van der Waals surface area contributed by atoms with Crippen LogP contribution in [0, 0.1) is 5.92 Å². The van der Waals surface area contributed by atoms with Crippen molar-refractivity contribution in [3.63, 3.8) is 0 Å². The van der Waals surface area contributed by atoms with Gasteiger partial charge >= 0.3 is 0 Å². The highest BCUT2D eigenvalue weighted by atomic mass is 32.2. The fraction of sp³-hybridized carbons (Fsp3) is 0.250. The standard InChI is InChI=1S/C24H24N2O4S2/c1-17(27)18-5-7-23(8-6-18)32(29,30)26-12-9-19(10-13-26)24(28)25-22-4-2-3-20(15-22)21-11-14-31-16-21/h2-8,11,14-16,19H,9-10,12-13H2,1H3,(H,25,28). The number of hydrogen-bond acceptors (Lipinski definition) is 5. The van der Waals surface area contributed by atoms with Crippen molar-refractivity contribution in [2.45, 2.75) is 24.7 Å². The van der Waals surface area contributed by atoms with Crippen LogP contribution in [0.15, 0.2) is 70.3 Å². The van der Waals surface area contributed by atoms with Gasteiger partial charge in [0.05, 0.1) is 4.90 Å². The molecule has 1 aliphatic rings. The Balaban J connectivity index is 1.37. The summed E-state index contributed by atoms with van der Waals surface area (Å²) in [5.74, 6) is -0.441. The predicted molar refractivity (Wildman–Crippen MR) is 126 cm³/mol. The van der Waals surface area contributed by atoms with E-state index < -0.39 is 10.0 Å². The van der Waals surface area contributed by atoms with E-state index in [-0.39, 0.29) is 35.6 Å². The van der Waals surface area contributed by atoms with Crippen molar-refractivity contribution in [3.8, 4) is 11.1 Å². The van der Waals surface area contributed by atoms with Gasteiger partial charge in [0.2, 0.25) is 15.9 Å². The molecule has 0 bridgehead atoms. The van der Waals surface area contributed by atoms with Gasteiger partial charge in [0.1, 0.15) is 0 Å². The molecular weight excluding hydrogens is 444 g/mol. The molecule has 0 spiro atoms. The molecule has 2 aromatic carbocycles. The van der Waals surface area contributed by atoms with Crippen molar-refractivity contribution in [1.82, 2.24) is 4.31 Å². The summed E-state index contributed by atoms with van der Waals surface area (Å²) in [5, 5.41) is 7.05. The van der Waals surface area contributed by atoms with Gasteiger partial charge in [-0.05, 0) is 72.0 Å². The van der Waals surface area contributed by atoms with E-state index in [4.69, 9.17) is 0 Å². The van der Waals surface area contributed by atoms with E-state index in [1.807, 2.05) is 35.7 Å². The Morgan fingerprint density at radius 1 is 1.00 bits per heavy atom. The zero-order valence-corrected chi connectivity index (χ0v) is 19.3. The van der Waals surface area contributed by atoms with E-state index in [2.05, 4.69) is 10.7 Å². The van der Waals surface area contributed by atoms with E-state index in [0.717, 1.165) is 16.8 Å². The summed E-state index contributed by atoms with van der Waals surface area (Å²) in [7, 11) is -3.65. The van der Waals surface area contributed by atoms with Crippen LogP contribution in [0.3, 0.4) is 0 Å².